The van der Waals surface area contributed by atoms with E-state index >= 15 is 0 Å². The third-order valence-electron chi connectivity index (χ3n) is 2.07. The lowest BCUT2D eigenvalue weighted by Gasteiger charge is -2.10. The number of hydrogen-bond donors (Lipinski definition) is 1. The Morgan fingerprint density at radius 3 is 2.53 bits per heavy atom. The van der Waals surface area contributed by atoms with Crippen molar-refractivity contribution in [1.82, 2.24) is 0 Å². The predicted molar refractivity (Wildman–Crippen MR) is 76.9 cm³/mol. The number of nitrogens with one attached hydrogen (secondary N) is 1. The van der Waals surface area contributed by atoms with Gasteiger partial charge in [0.25, 0.3) is 0 Å². The Hall–Kier alpha value is -0.220. The van der Waals surface area contributed by atoms with Crippen LogP contribution in [-0.2, 0) is 10.0 Å². The van der Waals surface area contributed by atoms with E-state index in [1.54, 1.807) is 6.07 Å². The Labute approximate surface area is 127 Å². The number of halogens is 5. The fourth-order valence-corrected chi connectivity index (χ4v) is 3.10. The summed E-state index contributed by atoms with van der Waals surface area (Å²) < 4.78 is 62.0. The summed E-state index contributed by atoms with van der Waals surface area (Å²) in [5, 5.41) is 0.194. The van der Waals surface area contributed by atoms with Gasteiger partial charge in [-0.15, -0.1) is 0 Å². The molecule has 1 rings (SSSR count). The molecule has 0 bridgehead atoms. The first kappa shape index (κ1) is 16.8. The number of rotatable bonds is 5. The monoisotopic (exact) mass is 427 g/mol. The predicted octanol–water partition coefficient (Wildman–Crippen LogP) is 4.03. The fraction of sp³-hybridized carbons (Fsp3) is 0.400. The minimum Gasteiger partial charge on any atom is -0.282 e. The van der Waals surface area contributed by atoms with Crippen LogP contribution in [0.25, 0.3) is 0 Å². The number of hydrogen-bond acceptors (Lipinski definition) is 2. The zero-order valence-corrected chi connectivity index (χ0v) is 13.2. The summed E-state index contributed by atoms with van der Waals surface area (Å²) in [6.45, 7) is 0. The average Bonchev–Trinajstić information content (AvgIpc) is 2.20. The third-order valence-corrected chi connectivity index (χ3v) is 4.42. The largest absolute Gasteiger partial charge is 0.389 e. The summed E-state index contributed by atoms with van der Waals surface area (Å²) >= 11 is 7.77. The van der Waals surface area contributed by atoms with Crippen molar-refractivity contribution in [1.29, 1.82) is 0 Å². The van der Waals surface area contributed by atoms with E-state index in [-0.39, 0.29) is 10.7 Å². The molecule has 0 heterocycles. The van der Waals surface area contributed by atoms with Crippen molar-refractivity contribution in [2.24, 2.45) is 0 Å². The summed E-state index contributed by atoms with van der Waals surface area (Å²) in [4.78, 5) is 0. The van der Waals surface area contributed by atoms with Crippen LogP contribution in [0.15, 0.2) is 18.2 Å². The molecule has 0 radical (unpaired) electrons. The summed E-state index contributed by atoms with van der Waals surface area (Å²) in [5.74, 6) is -0.603. The molecule has 19 heavy (non-hydrogen) atoms. The van der Waals surface area contributed by atoms with E-state index in [1.165, 1.54) is 12.1 Å². The summed E-state index contributed by atoms with van der Waals surface area (Å²) in [6, 6.07) is 4.70. The van der Waals surface area contributed by atoms with Gasteiger partial charge >= 0.3 is 6.18 Å². The van der Waals surface area contributed by atoms with Crippen molar-refractivity contribution in [3.8, 4) is 0 Å². The lowest BCUT2D eigenvalue weighted by atomic mass is 10.3. The zero-order valence-electron chi connectivity index (χ0n) is 9.47. The molecule has 0 unspecified atom stereocenters. The smallest absolute Gasteiger partial charge is 0.282 e. The quantitative estimate of drug-likeness (QED) is 0.721. The van der Waals surface area contributed by atoms with Crippen molar-refractivity contribution in [2.75, 3.05) is 10.5 Å². The molecule has 0 aliphatic carbocycles. The molecule has 0 saturated carbocycles. The van der Waals surface area contributed by atoms with E-state index in [0.717, 1.165) is 3.57 Å². The van der Waals surface area contributed by atoms with E-state index < -0.39 is 34.8 Å². The zero-order chi connectivity index (χ0) is 14.7. The van der Waals surface area contributed by atoms with Crippen LogP contribution in [0.5, 0.6) is 0 Å². The molecule has 1 aromatic carbocycles. The SMILES string of the molecule is O=S(=O)(CCCC(F)(F)F)Nc1cc(I)ccc1Cl. The third kappa shape index (κ3) is 6.66. The fourth-order valence-electron chi connectivity index (χ4n) is 1.26. The molecule has 0 spiro atoms. The Morgan fingerprint density at radius 2 is 1.95 bits per heavy atom. The Bertz CT molecular complexity index is 548. The highest BCUT2D eigenvalue weighted by Gasteiger charge is 2.27. The summed E-state index contributed by atoms with van der Waals surface area (Å²) in [7, 11) is -3.83. The van der Waals surface area contributed by atoms with Crippen LogP contribution in [0, 0.1) is 3.57 Å². The van der Waals surface area contributed by atoms with E-state index in [1.807, 2.05) is 22.6 Å². The molecule has 108 valence electrons. The summed E-state index contributed by atoms with van der Waals surface area (Å²) in [5.41, 5.74) is 0.167. The maximum Gasteiger partial charge on any atom is 0.389 e. The van der Waals surface area contributed by atoms with Gasteiger partial charge in [-0.3, -0.25) is 4.72 Å². The number of alkyl halides is 3. The van der Waals surface area contributed by atoms with Crippen LogP contribution in [0.2, 0.25) is 5.02 Å². The van der Waals surface area contributed by atoms with Gasteiger partial charge in [0.1, 0.15) is 0 Å². The van der Waals surface area contributed by atoms with Gasteiger partial charge < -0.3 is 0 Å². The molecular formula is C10H10ClF3INO2S. The van der Waals surface area contributed by atoms with Crippen LogP contribution in [-0.4, -0.2) is 20.3 Å². The van der Waals surface area contributed by atoms with Gasteiger partial charge in [0.2, 0.25) is 10.0 Å². The molecule has 0 amide bonds. The number of anilines is 1. The minimum atomic E-state index is -4.35. The van der Waals surface area contributed by atoms with E-state index in [4.69, 9.17) is 11.6 Å². The molecule has 0 aromatic heterocycles. The summed E-state index contributed by atoms with van der Waals surface area (Å²) in [6.07, 6.45) is -5.97. The second-order valence-electron chi connectivity index (χ2n) is 3.76. The van der Waals surface area contributed by atoms with Gasteiger partial charge in [-0.2, -0.15) is 13.2 Å². The highest BCUT2D eigenvalue weighted by Crippen LogP contribution is 2.26. The topological polar surface area (TPSA) is 46.2 Å². The van der Waals surface area contributed by atoms with Crippen molar-refractivity contribution in [2.45, 2.75) is 19.0 Å². The minimum absolute atomic E-state index is 0.167. The first-order chi connectivity index (χ1) is 8.59. The second-order valence-corrected chi connectivity index (χ2v) is 7.26. The van der Waals surface area contributed by atoms with Gasteiger partial charge in [0.05, 0.1) is 16.5 Å². The van der Waals surface area contributed by atoms with Gasteiger partial charge in [0, 0.05) is 9.99 Å². The van der Waals surface area contributed by atoms with Crippen LogP contribution in [0.3, 0.4) is 0 Å². The molecule has 1 N–H and O–H groups in total. The molecule has 1 aromatic rings. The van der Waals surface area contributed by atoms with Gasteiger partial charge in [-0.1, -0.05) is 11.6 Å². The molecular weight excluding hydrogens is 418 g/mol. The molecule has 3 nitrogen and oxygen atoms in total. The Balaban J connectivity index is 2.67. The van der Waals surface area contributed by atoms with Crippen molar-refractivity contribution in [3.05, 3.63) is 26.8 Å². The molecule has 0 atom stereocenters. The first-order valence-corrected chi connectivity index (χ1v) is 8.22. The number of benzene rings is 1. The second kappa shape index (κ2) is 6.49. The van der Waals surface area contributed by atoms with Crippen LogP contribution < -0.4 is 4.72 Å². The van der Waals surface area contributed by atoms with E-state index in [0.29, 0.717) is 0 Å². The Kier molecular flexibility index (Phi) is 5.75. The lowest BCUT2D eigenvalue weighted by molar-refractivity contribution is -0.134. The molecule has 0 saturated heterocycles. The maximum absolute atomic E-state index is 11.9. The van der Waals surface area contributed by atoms with Crippen molar-refractivity contribution in [3.63, 3.8) is 0 Å². The van der Waals surface area contributed by atoms with Gasteiger partial charge in [-0.25, -0.2) is 8.42 Å². The maximum atomic E-state index is 11.9. The van der Waals surface area contributed by atoms with Gasteiger partial charge in [-0.05, 0) is 47.2 Å². The molecule has 9 heteroatoms. The molecule has 0 fully saturated rings. The Morgan fingerprint density at radius 1 is 1.32 bits per heavy atom. The molecule has 0 aliphatic heterocycles. The normalized spacial score (nSPS) is 12.5. The van der Waals surface area contributed by atoms with Gasteiger partial charge in [0.15, 0.2) is 0 Å². The van der Waals surface area contributed by atoms with E-state index in [2.05, 4.69) is 4.72 Å². The van der Waals surface area contributed by atoms with Crippen LogP contribution in [0.4, 0.5) is 18.9 Å². The average molecular weight is 428 g/mol. The number of sulfonamides is 1. The van der Waals surface area contributed by atoms with Crippen molar-refractivity contribution < 1.29 is 21.6 Å². The van der Waals surface area contributed by atoms with Crippen molar-refractivity contribution >= 4 is 49.9 Å². The van der Waals surface area contributed by atoms with Crippen LogP contribution >= 0.6 is 34.2 Å². The first-order valence-electron chi connectivity index (χ1n) is 5.11. The highest BCUT2D eigenvalue weighted by atomic mass is 127. The van der Waals surface area contributed by atoms with E-state index in [9.17, 15) is 21.6 Å². The van der Waals surface area contributed by atoms with Crippen LogP contribution in [0.1, 0.15) is 12.8 Å². The highest BCUT2D eigenvalue weighted by molar-refractivity contribution is 14.1. The lowest BCUT2D eigenvalue weighted by Crippen LogP contribution is -2.19. The standard InChI is InChI=1S/C10H10ClF3INO2S/c11-8-3-2-7(15)6-9(8)16-19(17,18)5-1-4-10(12,13)14/h2-3,6,16H,1,4-5H2. The molecule has 0 aliphatic rings.